The van der Waals surface area contributed by atoms with Crippen molar-refractivity contribution >= 4 is 16.7 Å². The van der Waals surface area contributed by atoms with E-state index in [1.54, 1.807) is 0 Å². The molecule has 112 valence electrons. The van der Waals surface area contributed by atoms with Crippen LogP contribution in [0.1, 0.15) is 37.7 Å². The number of fused-ring (bicyclic) bond motifs is 3. The minimum absolute atomic E-state index is 0.0143. The molecular weight excluding hydrogens is 272 g/mol. The molecule has 0 saturated heterocycles. The van der Waals surface area contributed by atoms with Gasteiger partial charge in [0.05, 0.1) is 5.52 Å². The van der Waals surface area contributed by atoms with Crippen LogP contribution in [0, 0.1) is 11.8 Å². The van der Waals surface area contributed by atoms with Gasteiger partial charge in [-0.05, 0) is 62.3 Å². The number of nitrogens with one attached hydrogen (secondary N) is 2. The molecule has 0 radical (unpaired) electrons. The van der Waals surface area contributed by atoms with Gasteiger partial charge >= 0.3 is 0 Å². The molecular formula is C18H20N4. The Labute approximate surface area is 130 Å². The second-order valence-electron chi connectivity index (χ2n) is 7.00. The van der Waals surface area contributed by atoms with Crippen molar-refractivity contribution in [1.29, 1.82) is 0 Å². The van der Waals surface area contributed by atoms with Crippen LogP contribution in [0.3, 0.4) is 0 Å². The average molecular weight is 292 g/mol. The number of aromatic nitrogens is 1. The van der Waals surface area contributed by atoms with Crippen LogP contribution >= 0.6 is 0 Å². The van der Waals surface area contributed by atoms with Crippen molar-refractivity contribution in [2.75, 3.05) is 0 Å². The minimum atomic E-state index is 0.0143. The number of hydrazone groups is 1. The molecule has 4 aliphatic rings. The van der Waals surface area contributed by atoms with Gasteiger partial charge in [-0.3, -0.25) is 10.4 Å². The van der Waals surface area contributed by atoms with E-state index in [2.05, 4.69) is 45.1 Å². The van der Waals surface area contributed by atoms with Crippen LogP contribution in [-0.4, -0.2) is 16.5 Å². The van der Waals surface area contributed by atoms with Crippen molar-refractivity contribution in [3.05, 3.63) is 42.1 Å². The minimum Gasteiger partial charge on any atom is -0.344 e. The topological polar surface area (TPSA) is 49.3 Å². The van der Waals surface area contributed by atoms with Crippen LogP contribution < -0.4 is 10.7 Å². The number of nitrogens with zero attached hydrogens (tertiary/aromatic N) is 2. The highest BCUT2D eigenvalue weighted by Gasteiger charge is 2.50. The summed E-state index contributed by atoms with van der Waals surface area (Å²) in [4.78, 5) is 4.39. The van der Waals surface area contributed by atoms with Gasteiger partial charge < -0.3 is 5.32 Å². The Bertz CT molecular complexity index is 761. The molecule has 4 heteroatoms. The highest BCUT2D eigenvalue weighted by Crippen LogP contribution is 2.47. The summed E-state index contributed by atoms with van der Waals surface area (Å²) < 4.78 is 0. The highest BCUT2D eigenvalue weighted by molar-refractivity contribution is 6.02. The third-order valence-electron chi connectivity index (χ3n) is 5.74. The van der Waals surface area contributed by atoms with E-state index in [9.17, 15) is 0 Å². The zero-order valence-corrected chi connectivity index (χ0v) is 12.5. The highest BCUT2D eigenvalue weighted by atomic mass is 15.5. The number of amidine groups is 1. The molecule has 2 bridgehead atoms. The molecule has 3 aliphatic carbocycles. The maximum Gasteiger partial charge on any atom is 0.155 e. The molecule has 6 rings (SSSR count). The van der Waals surface area contributed by atoms with Crippen molar-refractivity contribution in [3.8, 4) is 0 Å². The summed E-state index contributed by atoms with van der Waals surface area (Å²) in [6.45, 7) is 0. The summed E-state index contributed by atoms with van der Waals surface area (Å²) in [6, 6.07) is 10.5. The maximum absolute atomic E-state index is 4.64. The molecule has 4 nitrogen and oxygen atoms in total. The van der Waals surface area contributed by atoms with Gasteiger partial charge in [0.2, 0.25) is 0 Å². The lowest BCUT2D eigenvalue weighted by atomic mass is 9.64. The third kappa shape index (κ3) is 1.76. The van der Waals surface area contributed by atoms with Gasteiger partial charge in [0.15, 0.2) is 5.84 Å². The van der Waals surface area contributed by atoms with Gasteiger partial charge in [0.1, 0.15) is 5.66 Å². The summed E-state index contributed by atoms with van der Waals surface area (Å²) in [7, 11) is 0. The van der Waals surface area contributed by atoms with Crippen LogP contribution in [0.5, 0.6) is 0 Å². The lowest BCUT2D eigenvalue weighted by Crippen LogP contribution is -2.62. The van der Waals surface area contributed by atoms with E-state index in [1.165, 1.54) is 32.1 Å². The van der Waals surface area contributed by atoms with Gasteiger partial charge in [0, 0.05) is 23.1 Å². The number of rotatable bonds is 1. The largest absolute Gasteiger partial charge is 0.344 e. The van der Waals surface area contributed by atoms with Gasteiger partial charge in [-0.1, -0.05) is 6.07 Å². The number of pyridine rings is 1. The predicted octanol–water partition coefficient (Wildman–Crippen LogP) is 3.00. The lowest BCUT2D eigenvalue weighted by molar-refractivity contribution is 0.0394. The van der Waals surface area contributed by atoms with E-state index in [4.69, 9.17) is 0 Å². The number of hydrogen-bond donors (Lipinski definition) is 2. The zero-order valence-electron chi connectivity index (χ0n) is 12.5. The average Bonchev–Trinajstić information content (AvgIpc) is 2.99. The molecule has 2 heterocycles. The van der Waals surface area contributed by atoms with Crippen LogP contribution in [-0.2, 0) is 0 Å². The fourth-order valence-electron chi connectivity index (χ4n) is 4.55. The number of hydrogen-bond acceptors (Lipinski definition) is 4. The Kier molecular flexibility index (Phi) is 2.52. The van der Waals surface area contributed by atoms with Crippen LogP contribution in [0.4, 0.5) is 0 Å². The second-order valence-corrected chi connectivity index (χ2v) is 7.00. The Hall–Kier alpha value is -2.10. The third-order valence-corrected chi connectivity index (χ3v) is 5.74. The fourth-order valence-corrected chi connectivity index (χ4v) is 4.55. The molecule has 1 aromatic carbocycles. The van der Waals surface area contributed by atoms with Gasteiger partial charge in [0.25, 0.3) is 0 Å². The first-order valence-electron chi connectivity index (χ1n) is 8.31. The molecule has 22 heavy (non-hydrogen) atoms. The molecule has 3 fully saturated rings. The smallest absolute Gasteiger partial charge is 0.155 e. The van der Waals surface area contributed by atoms with Crippen molar-refractivity contribution < 1.29 is 0 Å². The van der Waals surface area contributed by atoms with Crippen LogP contribution in [0.15, 0.2) is 41.6 Å². The Morgan fingerprint density at radius 3 is 2.82 bits per heavy atom. The SMILES string of the molecule is c1cnc2ccc(C3=NN[C@@]4(CC5CCC4CC5)N3)cc2c1. The van der Waals surface area contributed by atoms with Crippen molar-refractivity contribution in [1.82, 2.24) is 15.7 Å². The van der Waals surface area contributed by atoms with Crippen molar-refractivity contribution in [3.63, 3.8) is 0 Å². The molecule has 1 aliphatic heterocycles. The molecule has 2 N–H and O–H groups in total. The first-order valence-corrected chi connectivity index (χ1v) is 8.31. The Morgan fingerprint density at radius 1 is 1.09 bits per heavy atom. The first kappa shape index (κ1) is 12.4. The van der Waals surface area contributed by atoms with E-state index in [0.717, 1.165) is 28.2 Å². The van der Waals surface area contributed by atoms with E-state index in [0.29, 0.717) is 5.92 Å². The normalized spacial score (nSPS) is 32.8. The monoisotopic (exact) mass is 292 g/mol. The summed E-state index contributed by atoms with van der Waals surface area (Å²) in [5.74, 6) is 2.56. The molecule has 0 unspecified atom stereocenters. The predicted molar refractivity (Wildman–Crippen MR) is 87.3 cm³/mol. The Morgan fingerprint density at radius 2 is 2.00 bits per heavy atom. The fraction of sp³-hybridized carbons (Fsp3) is 0.444. The zero-order chi connectivity index (χ0) is 14.6. The molecule has 1 aromatic heterocycles. The van der Waals surface area contributed by atoms with E-state index >= 15 is 0 Å². The van der Waals surface area contributed by atoms with Crippen LogP contribution in [0.2, 0.25) is 0 Å². The number of benzene rings is 1. The van der Waals surface area contributed by atoms with E-state index in [1.807, 2.05) is 12.3 Å². The van der Waals surface area contributed by atoms with Crippen LogP contribution in [0.25, 0.3) is 10.9 Å². The first-order chi connectivity index (χ1) is 10.8. The summed E-state index contributed by atoms with van der Waals surface area (Å²) in [6.07, 6.45) is 8.49. The van der Waals surface area contributed by atoms with Gasteiger partial charge in [-0.2, -0.15) is 5.10 Å². The maximum atomic E-state index is 4.64. The summed E-state index contributed by atoms with van der Waals surface area (Å²) >= 11 is 0. The van der Waals surface area contributed by atoms with E-state index in [-0.39, 0.29) is 5.66 Å². The molecule has 1 spiro atoms. The molecule has 1 atom stereocenters. The Balaban J connectivity index is 1.46. The van der Waals surface area contributed by atoms with E-state index < -0.39 is 0 Å². The van der Waals surface area contributed by atoms with Gasteiger partial charge in [-0.15, -0.1) is 0 Å². The van der Waals surface area contributed by atoms with Crippen molar-refractivity contribution in [2.24, 2.45) is 16.9 Å². The molecule has 3 saturated carbocycles. The van der Waals surface area contributed by atoms with Gasteiger partial charge in [-0.25, -0.2) is 0 Å². The second kappa shape index (κ2) is 4.45. The summed E-state index contributed by atoms with van der Waals surface area (Å²) in [5, 5.41) is 9.54. The quantitative estimate of drug-likeness (QED) is 0.849. The molecule has 2 aromatic rings. The summed E-state index contributed by atoms with van der Waals surface area (Å²) in [5.41, 5.74) is 5.65. The molecule has 0 amide bonds. The van der Waals surface area contributed by atoms with Crippen molar-refractivity contribution in [2.45, 2.75) is 37.8 Å². The lowest BCUT2D eigenvalue weighted by Gasteiger charge is -2.49. The standard InChI is InChI=1S/C18H20N4/c1-2-13-10-14(5-8-16(13)19-9-1)17-20-18(22-21-17)11-12-3-6-15(18)7-4-12/h1-2,5,8-10,12,15,22H,3-4,6-7,11H2,(H,20,21)/t12?,15?,18-/m1/s1.